The fourth-order valence-corrected chi connectivity index (χ4v) is 6.02. The number of carbonyl (C=O) groups is 1. The number of benzene rings is 1. The first-order valence-corrected chi connectivity index (χ1v) is 13.8. The van der Waals surface area contributed by atoms with Crippen LogP contribution in [0.1, 0.15) is 57.1 Å². The number of fused-ring (bicyclic) bond motifs is 1. The van der Waals surface area contributed by atoms with Crippen LogP contribution in [0, 0.1) is 0 Å². The first kappa shape index (κ1) is 24.9. The number of likely N-dealkylation sites (tertiary alicyclic amines) is 1. The number of rotatable bonds is 5. The molecule has 0 aliphatic carbocycles. The molecule has 1 unspecified atom stereocenters. The number of hydrazone groups is 1. The van der Waals surface area contributed by atoms with Gasteiger partial charge in [0.25, 0.3) is 0 Å². The molecule has 7 nitrogen and oxygen atoms in total. The second-order valence-corrected chi connectivity index (χ2v) is 10.9. The van der Waals surface area contributed by atoms with E-state index in [1.807, 2.05) is 25.1 Å². The standard InChI is InChI=1S/C29H42N6O/c1-5-31(4)29(36)34-18-16-33(17-19-34)27-10-13-30-35-21-26(20-28(27)35)24-8-6-23(7-9-24)25-11-14-32(15-12-25)22(2)3/h6-10,13,21-22,25,28H,5,11-12,14-20H2,1-4H3. The van der Waals surface area contributed by atoms with Crippen molar-refractivity contribution in [3.8, 4) is 0 Å². The number of hydrogen-bond donors (Lipinski definition) is 0. The minimum Gasteiger partial charge on any atom is -0.369 e. The molecule has 1 atom stereocenters. The summed E-state index contributed by atoms with van der Waals surface area (Å²) in [5, 5.41) is 6.78. The molecular formula is C29H42N6O. The second kappa shape index (κ2) is 10.7. The van der Waals surface area contributed by atoms with Gasteiger partial charge in [-0.2, -0.15) is 5.10 Å². The van der Waals surface area contributed by atoms with Crippen LogP contribution >= 0.6 is 0 Å². The van der Waals surface area contributed by atoms with Crippen molar-refractivity contribution < 1.29 is 4.79 Å². The molecule has 194 valence electrons. The predicted molar refractivity (Wildman–Crippen MR) is 147 cm³/mol. The molecule has 0 saturated carbocycles. The topological polar surface area (TPSA) is 45.6 Å². The van der Waals surface area contributed by atoms with E-state index in [0.29, 0.717) is 12.0 Å². The molecule has 2 fully saturated rings. The number of urea groups is 1. The molecule has 2 amide bonds. The maximum Gasteiger partial charge on any atom is 0.319 e. The van der Waals surface area contributed by atoms with E-state index < -0.39 is 0 Å². The normalized spacial score (nSPS) is 23.1. The molecule has 0 N–H and O–H groups in total. The first-order valence-electron chi connectivity index (χ1n) is 13.8. The van der Waals surface area contributed by atoms with Crippen molar-refractivity contribution in [2.75, 3.05) is 52.9 Å². The van der Waals surface area contributed by atoms with Crippen molar-refractivity contribution in [3.63, 3.8) is 0 Å². The van der Waals surface area contributed by atoms with E-state index in [0.717, 1.165) is 39.1 Å². The molecule has 0 aromatic heterocycles. The lowest BCUT2D eigenvalue weighted by atomic mass is 9.88. The van der Waals surface area contributed by atoms with Gasteiger partial charge < -0.3 is 19.6 Å². The van der Waals surface area contributed by atoms with Crippen LogP contribution in [0.2, 0.25) is 0 Å². The fraction of sp³-hybridized carbons (Fsp3) is 0.586. The van der Waals surface area contributed by atoms with Gasteiger partial charge in [-0.3, -0.25) is 5.01 Å². The Hall–Kier alpha value is -2.80. The van der Waals surface area contributed by atoms with E-state index in [1.54, 1.807) is 4.90 Å². The molecule has 1 aromatic carbocycles. The summed E-state index contributed by atoms with van der Waals surface area (Å²) >= 11 is 0. The molecule has 5 rings (SSSR count). The smallest absolute Gasteiger partial charge is 0.319 e. The number of nitrogens with zero attached hydrogens (tertiary/aromatic N) is 6. The van der Waals surface area contributed by atoms with Crippen molar-refractivity contribution in [3.05, 3.63) is 53.4 Å². The van der Waals surface area contributed by atoms with Crippen LogP contribution < -0.4 is 0 Å². The highest BCUT2D eigenvalue weighted by molar-refractivity contribution is 5.76. The lowest BCUT2D eigenvalue weighted by Crippen LogP contribution is -2.53. The lowest BCUT2D eigenvalue weighted by Gasteiger charge is -2.41. The van der Waals surface area contributed by atoms with Crippen molar-refractivity contribution >= 4 is 17.8 Å². The van der Waals surface area contributed by atoms with Crippen molar-refractivity contribution in [2.24, 2.45) is 5.10 Å². The van der Waals surface area contributed by atoms with Crippen LogP contribution in [0.3, 0.4) is 0 Å². The minimum atomic E-state index is 0.136. The molecule has 0 bridgehead atoms. The number of piperazine rings is 1. The Morgan fingerprint density at radius 3 is 2.39 bits per heavy atom. The number of piperidine rings is 1. The van der Waals surface area contributed by atoms with Gasteiger partial charge in [0.15, 0.2) is 0 Å². The molecule has 4 aliphatic heterocycles. The zero-order chi connectivity index (χ0) is 25.2. The van der Waals surface area contributed by atoms with E-state index in [2.05, 4.69) is 70.3 Å². The van der Waals surface area contributed by atoms with E-state index in [1.165, 1.54) is 48.3 Å². The maximum atomic E-state index is 12.5. The van der Waals surface area contributed by atoms with Crippen molar-refractivity contribution in [1.29, 1.82) is 0 Å². The third-order valence-corrected chi connectivity index (χ3v) is 8.54. The van der Waals surface area contributed by atoms with Crippen LogP contribution in [-0.4, -0.2) is 102 Å². The molecular weight excluding hydrogens is 448 g/mol. The number of hydrogen-bond acceptors (Lipinski definition) is 5. The summed E-state index contributed by atoms with van der Waals surface area (Å²) in [7, 11) is 1.88. The zero-order valence-corrected chi connectivity index (χ0v) is 22.4. The summed E-state index contributed by atoms with van der Waals surface area (Å²) in [5.74, 6) is 0.680. The summed E-state index contributed by atoms with van der Waals surface area (Å²) in [6.45, 7) is 13.0. The van der Waals surface area contributed by atoms with Gasteiger partial charge in [-0.15, -0.1) is 0 Å². The van der Waals surface area contributed by atoms with Crippen molar-refractivity contribution in [1.82, 2.24) is 24.6 Å². The quantitative estimate of drug-likeness (QED) is 0.619. The average molecular weight is 491 g/mol. The van der Waals surface area contributed by atoms with E-state index in [-0.39, 0.29) is 12.1 Å². The van der Waals surface area contributed by atoms with Crippen LogP contribution in [0.5, 0.6) is 0 Å². The molecule has 1 aromatic rings. The Balaban J connectivity index is 1.19. The van der Waals surface area contributed by atoms with Gasteiger partial charge in [0.2, 0.25) is 0 Å². The van der Waals surface area contributed by atoms with Gasteiger partial charge in [-0.25, -0.2) is 4.79 Å². The SMILES string of the molecule is CCN(C)C(=O)N1CCN(C2=CC=NN3C=C(c4ccc(C5CCN(C(C)C)CC5)cc4)CC23)CC1. The Morgan fingerprint density at radius 1 is 1.06 bits per heavy atom. The van der Waals surface area contributed by atoms with Gasteiger partial charge in [-0.05, 0) is 75.4 Å². The van der Waals surface area contributed by atoms with Crippen molar-refractivity contribution in [2.45, 2.75) is 58.0 Å². The second-order valence-electron chi connectivity index (χ2n) is 10.9. The Labute approximate surface area is 216 Å². The van der Waals surface area contributed by atoms with Gasteiger partial charge in [0.05, 0.1) is 6.04 Å². The molecule has 4 aliphatic rings. The van der Waals surface area contributed by atoms with Crippen LogP contribution in [-0.2, 0) is 0 Å². The fourth-order valence-electron chi connectivity index (χ4n) is 6.02. The first-order chi connectivity index (χ1) is 17.4. The molecule has 2 saturated heterocycles. The van der Waals surface area contributed by atoms with E-state index in [4.69, 9.17) is 0 Å². The third kappa shape index (κ3) is 5.03. The summed E-state index contributed by atoms with van der Waals surface area (Å²) in [6.07, 6.45) is 9.78. The molecule has 0 radical (unpaired) electrons. The lowest BCUT2D eigenvalue weighted by molar-refractivity contribution is 0.125. The monoisotopic (exact) mass is 490 g/mol. The average Bonchev–Trinajstić information content (AvgIpc) is 3.37. The summed E-state index contributed by atoms with van der Waals surface area (Å²) < 4.78 is 0. The Bertz CT molecular complexity index is 1010. The van der Waals surface area contributed by atoms with Gasteiger partial charge in [0.1, 0.15) is 0 Å². The van der Waals surface area contributed by atoms with Gasteiger partial charge in [-0.1, -0.05) is 24.3 Å². The minimum absolute atomic E-state index is 0.136. The third-order valence-electron chi connectivity index (χ3n) is 8.54. The summed E-state index contributed by atoms with van der Waals surface area (Å²) in [6, 6.07) is 10.4. The maximum absolute atomic E-state index is 12.5. The van der Waals surface area contributed by atoms with Crippen LogP contribution in [0.15, 0.2) is 47.3 Å². The highest BCUT2D eigenvalue weighted by atomic mass is 16.2. The highest BCUT2D eigenvalue weighted by Gasteiger charge is 2.34. The van der Waals surface area contributed by atoms with Crippen LogP contribution in [0.4, 0.5) is 4.79 Å². The number of allylic oxidation sites excluding steroid dienone is 1. The molecule has 36 heavy (non-hydrogen) atoms. The molecule has 0 spiro atoms. The Morgan fingerprint density at radius 2 is 1.75 bits per heavy atom. The predicted octanol–water partition coefficient (Wildman–Crippen LogP) is 4.26. The highest BCUT2D eigenvalue weighted by Crippen LogP contribution is 2.37. The molecule has 7 heteroatoms. The van der Waals surface area contributed by atoms with E-state index in [9.17, 15) is 4.79 Å². The van der Waals surface area contributed by atoms with Crippen LogP contribution in [0.25, 0.3) is 5.57 Å². The zero-order valence-electron chi connectivity index (χ0n) is 22.4. The summed E-state index contributed by atoms with van der Waals surface area (Å²) in [5.41, 5.74) is 5.46. The molecule has 4 heterocycles. The van der Waals surface area contributed by atoms with Gasteiger partial charge in [0, 0.05) is 70.3 Å². The summed E-state index contributed by atoms with van der Waals surface area (Å²) in [4.78, 5) is 21.3. The largest absolute Gasteiger partial charge is 0.369 e. The number of carbonyl (C=O) groups excluding carboxylic acids is 1. The Kier molecular flexibility index (Phi) is 7.37. The van der Waals surface area contributed by atoms with E-state index >= 15 is 0 Å². The number of amides is 2. The van der Waals surface area contributed by atoms with Gasteiger partial charge >= 0.3 is 6.03 Å².